The van der Waals surface area contributed by atoms with Gasteiger partial charge >= 0.3 is 6.18 Å². The Morgan fingerprint density at radius 3 is 2.33 bits per heavy atom. The number of methoxy groups -OCH3 is 1. The van der Waals surface area contributed by atoms with Gasteiger partial charge in [-0.1, -0.05) is 0 Å². The Labute approximate surface area is 83.7 Å². The van der Waals surface area contributed by atoms with Crippen LogP contribution in [-0.4, -0.2) is 23.5 Å². The number of aromatic hydroxyl groups is 1. The van der Waals surface area contributed by atoms with E-state index in [0.717, 1.165) is 12.1 Å². The van der Waals surface area contributed by atoms with Crippen LogP contribution in [0.3, 0.4) is 0 Å². The van der Waals surface area contributed by atoms with Crippen LogP contribution < -0.4 is 4.74 Å². The minimum Gasteiger partial charge on any atom is -0.507 e. The standard InChI is InChI=1S/C9H9F3O3/c1-15-5-2-3-6(7(13)4-5)8(14)9(10,11)12/h2-4,8,13-14H,1H3/t8-/m1/s1. The van der Waals surface area contributed by atoms with E-state index >= 15 is 0 Å². The highest BCUT2D eigenvalue weighted by Crippen LogP contribution is 2.37. The number of rotatable bonds is 2. The maximum absolute atomic E-state index is 12.1. The minimum atomic E-state index is -4.80. The fraction of sp³-hybridized carbons (Fsp3) is 0.333. The number of benzene rings is 1. The molecule has 0 bridgehead atoms. The maximum Gasteiger partial charge on any atom is 0.418 e. The first-order valence-corrected chi connectivity index (χ1v) is 3.98. The Balaban J connectivity index is 3.06. The van der Waals surface area contributed by atoms with Crippen LogP contribution in [0.4, 0.5) is 13.2 Å². The molecule has 0 aliphatic heterocycles. The van der Waals surface area contributed by atoms with Gasteiger partial charge in [-0.2, -0.15) is 13.2 Å². The molecule has 0 saturated carbocycles. The first-order valence-electron chi connectivity index (χ1n) is 3.98. The number of phenolic OH excluding ortho intramolecular Hbond substituents is 1. The molecule has 0 radical (unpaired) electrons. The van der Waals surface area contributed by atoms with E-state index in [-0.39, 0.29) is 5.75 Å². The van der Waals surface area contributed by atoms with Crippen LogP contribution >= 0.6 is 0 Å². The number of alkyl halides is 3. The third-order valence-corrected chi connectivity index (χ3v) is 1.84. The largest absolute Gasteiger partial charge is 0.507 e. The topological polar surface area (TPSA) is 49.7 Å². The molecule has 0 saturated heterocycles. The van der Waals surface area contributed by atoms with Gasteiger partial charge in [0.05, 0.1) is 7.11 Å². The molecule has 0 unspecified atom stereocenters. The number of hydrogen-bond donors (Lipinski definition) is 2. The average Bonchev–Trinajstić information content (AvgIpc) is 2.15. The molecule has 3 nitrogen and oxygen atoms in total. The average molecular weight is 222 g/mol. The van der Waals surface area contributed by atoms with Gasteiger partial charge < -0.3 is 14.9 Å². The van der Waals surface area contributed by atoms with E-state index in [1.807, 2.05) is 0 Å². The Bertz CT molecular complexity index is 349. The molecular formula is C9H9F3O3. The van der Waals surface area contributed by atoms with E-state index in [2.05, 4.69) is 0 Å². The summed E-state index contributed by atoms with van der Waals surface area (Å²) in [4.78, 5) is 0. The van der Waals surface area contributed by atoms with E-state index in [1.54, 1.807) is 0 Å². The lowest BCUT2D eigenvalue weighted by atomic mass is 10.1. The molecule has 2 N–H and O–H groups in total. The lowest BCUT2D eigenvalue weighted by molar-refractivity contribution is -0.207. The summed E-state index contributed by atoms with van der Waals surface area (Å²) >= 11 is 0. The van der Waals surface area contributed by atoms with Gasteiger partial charge in [0.15, 0.2) is 6.10 Å². The predicted molar refractivity (Wildman–Crippen MR) is 45.7 cm³/mol. The molecule has 84 valence electrons. The number of hydrogen-bond acceptors (Lipinski definition) is 3. The quantitative estimate of drug-likeness (QED) is 0.804. The summed E-state index contributed by atoms with van der Waals surface area (Å²) in [6, 6.07) is 3.20. The zero-order valence-corrected chi connectivity index (χ0v) is 7.75. The molecule has 1 aromatic rings. The Kier molecular flexibility index (Phi) is 3.09. The zero-order valence-electron chi connectivity index (χ0n) is 7.75. The number of ether oxygens (including phenoxy) is 1. The van der Waals surface area contributed by atoms with Gasteiger partial charge in [-0.05, 0) is 12.1 Å². The van der Waals surface area contributed by atoms with Crippen molar-refractivity contribution in [3.63, 3.8) is 0 Å². The van der Waals surface area contributed by atoms with E-state index in [9.17, 15) is 18.3 Å². The Hall–Kier alpha value is -1.43. The highest BCUT2D eigenvalue weighted by atomic mass is 19.4. The van der Waals surface area contributed by atoms with Gasteiger partial charge in [-0.25, -0.2) is 0 Å². The summed E-state index contributed by atoms with van der Waals surface area (Å²) in [6.45, 7) is 0. The van der Waals surface area contributed by atoms with Gasteiger partial charge in [0.1, 0.15) is 11.5 Å². The van der Waals surface area contributed by atoms with Gasteiger partial charge in [-0.3, -0.25) is 0 Å². The Morgan fingerprint density at radius 2 is 1.93 bits per heavy atom. The molecule has 0 aliphatic carbocycles. The smallest absolute Gasteiger partial charge is 0.418 e. The normalized spacial score (nSPS) is 13.7. The van der Waals surface area contributed by atoms with Crippen molar-refractivity contribution in [2.24, 2.45) is 0 Å². The van der Waals surface area contributed by atoms with Crippen molar-refractivity contribution in [2.75, 3.05) is 7.11 Å². The summed E-state index contributed by atoms with van der Waals surface area (Å²) in [5, 5.41) is 18.1. The van der Waals surface area contributed by atoms with Crippen LogP contribution in [0.25, 0.3) is 0 Å². The molecule has 1 aromatic carbocycles. The van der Waals surface area contributed by atoms with E-state index in [1.165, 1.54) is 13.2 Å². The number of aliphatic hydroxyl groups excluding tert-OH is 1. The van der Waals surface area contributed by atoms with Crippen molar-refractivity contribution >= 4 is 0 Å². The monoisotopic (exact) mass is 222 g/mol. The van der Waals surface area contributed by atoms with Crippen molar-refractivity contribution in [1.29, 1.82) is 0 Å². The highest BCUT2D eigenvalue weighted by Gasteiger charge is 2.40. The molecule has 6 heteroatoms. The second-order valence-electron chi connectivity index (χ2n) is 2.87. The SMILES string of the molecule is COc1ccc([C@@H](O)C(F)(F)F)c(O)c1. The van der Waals surface area contributed by atoms with Crippen LogP contribution in [0.5, 0.6) is 11.5 Å². The second kappa shape index (κ2) is 3.98. The fourth-order valence-electron chi connectivity index (χ4n) is 1.06. The summed E-state index contributed by atoms with van der Waals surface area (Å²) in [7, 11) is 1.31. The predicted octanol–water partition coefficient (Wildman–Crippen LogP) is 2.00. The molecule has 0 aliphatic rings. The van der Waals surface area contributed by atoms with Crippen molar-refractivity contribution in [3.05, 3.63) is 23.8 Å². The van der Waals surface area contributed by atoms with Gasteiger partial charge in [-0.15, -0.1) is 0 Å². The van der Waals surface area contributed by atoms with Gasteiger partial charge in [0, 0.05) is 11.6 Å². The minimum absolute atomic E-state index is 0.214. The summed E-state index contributed by atoms with van der Waals surface area (Å²) < 4.78 is 41.0. The van der Waals surface area contributed by atoms with E-state index < -0.39 is 23.6 Å². The second-order valence-corrected chi connectivity index (χ2v) is 2.87. The molecule has 0 fully saturated rings. The van der Waals surface area contributed by atoms with Crippen LogP contribution in [0, 0.1) is 0 Å². The van der Waals surface area contributed by atoms with Gasteiger partial charge in [0.2, 0.25) is 0 Å². The first kappa shape index (κ1) is 11.6. The summed E-state index contributed by atoms with van der Waals surface area (Å²) in [6.07, 6.45) is -7.49. The number of phenols is 1. The lowest BCUT2D eigenvalue weighted by Crippen LogP contribution is -2.20. The molecule has 1 atom stereocenters. The number of aliphatic hydroxyl groups is 1. The van der Waals surface area contributed by atoms with E-state index in [0.29, 0.717) is 0 Å². The molecule has 0 spiro atoms. The molecule has 15 heavy (non-hydrogen) atoms. The van der Waals surface area contributed by atoms with Crippen LogP contribution in [0.2, 0.25) is 0 Å². The van der Waals surface area contributed by atoms with Crippen LogP contribution in [-0.2, 0) is 0 Å². The van der Waals surface area contributed by atoms with E-state index in [4.69, 9.17) is 9.84 Å². The zero-order chi connectivity index (χ0) is 11.6. The molecule has 0 amide bonds. The molecule has 1 rings (SSSR count). The summed E-state index contributed by atoms with van der Waals surface area (Å²) in [5.41, 5.74) is -0.594. The maximum atomic E-state index is 12.1. The highest BCUT2D eigenvalue weighted by molar-refractivity contribution is 5.41. The number of halogens is 3. The summed E-state index contributed by atoms with van der Waals surface area (Å²) in [5.74, 6) is -0.440. The van der Waals surface area contributed by atoms with Crippen molar-refractivity contribution in [3.8, 4) is 11.5 Å². The molecular weight excluding hydrogens is 213 g/mol. The van der Waals surface area contributed by atoms with Gasteiger partial charge in [0.25, 0.3) is 0 Å². The lowest BCUT2D eigenvalue weighted by Gasteiger charge is -2.16. The first-order chi connectivity index (χ1) is 6.86. The third kappa shape index (κ3) is 2.53. The van der Waals surface area contributed by atoms with Crippen LogP contribution in [0.1, 0.15) is 11.7 Å². The van der Waals surface area contributed by atoms with Crippen molar-refractivity contribution < 1.29 is 28.1 Å². The Morgan fingerprint density at radius 1 is 1.33 bits per heavy atom. The van der Waals surface area contributed by atoms with Crippen molar-refractivity contribution in [1.82, 2.24) is 0 Å². The van der Waals surface area contributed by atoms with Crippen molar-refractivity contribution in [2.45, 2.75) is 12.3 Å². The molecule has 0 aromatic heterocycles. The fourth-order valence-corrected chi connectivity index (χ4v) is 1.06. The van der Waals surface area contributed by atoms with Crippen LogP contribution in [0.15, 0.2) is 18.2 Å². The third-order valence-electron chi connectivity index (χ3n) is 1.84. The molecule has 0 heterocycles.